The van der Waals surface area contributed by atoms with E-state index in [9.17, 15) is 13.6 Å². The minimum absolute atomic E-state index is 0.00422. The van der Waals surface area contributed by atoms with E-state index >= 15 is 0 Å². The molecule has 0 aliphatic heterocycles. The maximum Gasteiger partial charge on any atom is 0.319 e. The predicted molar refractivity (Wildman–Crippen MR) is 113 cm³/mol. The number of hydrogen-bond acceptors (Lipinski definition) is 3. The lowest BCUT2D eigenvalue weighted by atomic mass is 10.2. The highest BCUT2D eigenvalue weighted by molar-refractivity contribution is 9.10. The molecule has 0 aliphatic carbocycles. The smallest absolute Gasteiger partial charge is 0.319 e. The number of benzene rings is 3. The van der Waals surface area contributed by atoms with E-state index in [0.717, 1.165) is 0 Å². The summed E-state index contributed by atoms with van der Waals surface area (Å²) in [5.41, 5.74) is 0.403. The third-order valence-electron chi connectivity index (χ3n) is 3.91. The molecular formula is C21H13BrClF2N3O2. The largest absolute Gasteiger partial charge is 0.453 e. The van der Waals surface area contributed by atoms with Crippen LogP contribution in [0.25, 0.3) is 0 Å². The summed E-state index contributed by atoms with van der Waals surface area (Å²) in [7, 11) is 0. The molecule has 30 heavy (non-hydrogen) atoms. The fraction of sp³-hybridized carbons (Fsp3) is 0.0476. The molecule has 0 fully saturated rings. The van der Waals surface area contributed by atoms with Crippen molar-refractivity contribution in [2.45, 2.75) is 6.54 Å². The maximum atomic E-state index is 15.0. The molecule has 0 aromatic heterocycles. The Kier molecular flexibility index (Phi) is 6.87. The van der Waals surface area contributed by atoms with E-state index in [1.165, 1.54) is 42.5 Å². The molecule has 0 atom stereocenters. The number of carbonyl (C=O) groups is 1. The molecule has 0 spiro atoms. The molecule has 0 bridgehead atoms. The van der Waals surface area contributed by atoms with E-state index in [1.807, 2.05) is 6.07 Å². The molecule has 0 unspecified atom stereocenters. The van der Waals surface area contributed by atoms with Gasteiger partial charge in [0.1, 0.15) is 11.6 Å². The molecule has 152 valence electrons. The van der Waals surface area contributed by atoms with Gasteiger partial charge in [0.05, 0.1) is 21.8 Å². The Bertz CT molecular complexity index is 1150. The van der Waals surface area contributed by atoms with Gasteiger partial charge in [0, 0.05) is 17.1 Å². The van der Waals surface area contributed by atoms with Crippen molar-refractivity contribution < 1.29 is 18.3 Å². The summed E-state index contributed by atoms with van der Waals surface area (Å²) in [6.45, 7) is -0.172. The highest BCUT2D eigenvalue weighted by atomic mass is 79.9. The predicted octanol–water partition coefficient (Wildman–Crippen LogP) is 6.37. The van der Waals surface area contributed by atoms with Gasteiger partial charge in [0.25, 0.3) is 0 Å². The van der Waals surface area contributed by atoms with Crippen molar-refractivity contribution in [3.05, 3.63) is 86.9 Å². The lowest BCUT2D eigenvalue weighted by Gasteiger charge is -2.13. The summed E-state index contributed by atoms with van der Waals surface area (Å²) < 4.78 is 34.5. The number of nitrogens with one attached hydrogen (secondary N) is 2. The van der Waals surface area contributed by atoms with Crippen molar-refractivity contribution in [3.8, 4) is 17.6 Å². The molecule has 0 aliphatic rings. The second kappa shape index (κ2) is 9.57. The van der Waals surface area contributed by atoms with Crippen LogP contribution in [0.5, 0.6) is 11.5 Å². The molecule has 0 heterocycles. The van der Waals surface area contributed by atoms with Gasteiger partial charge in [-0.25, -0.2) is 13.6 Å². The number of carbonyl (C=O) groups excluding carboxylic acids is 1. The Morgan fingerprint density at radius 1 is 1.17 bits per heavy atom. The first-order valence-corrected chi connectivity index (χ1v) is 9.69. The van der Waals surface area contributed by atoms with Gasteiger partial charge in [0.15, 0.2) is 11.6 Å². The van der Waals surface area contributed by atoms with E-state index < -0.39 is 17.7 Å². The number of hydrogen-bond donors (Lipinski definition) is 2. The number of halogens is 4. The maximum absolute atomic E-state index is 15.0. The Morgan fingerprint density at radius 3 is 2.67 bits per heavy atom. The van der Waals surface area contributed by atoms with E-state index in [2.05, 4.69) is 26.6 Å². The van der Waals surface area contributed by atoms with Crippen LogP contribution in [0.4, 0.5) is 19.3 Å². The van der Waals surface area contributed by atoms with Gasteiger partial charge in [-0.2, -0.15) is 5.26 Å². The summed E-state index contributed by atoms with van der Waals surface area (Å²) >= 11 is 9.17. The van der Waals surface area contributed by atoms with Gasteiger partial charge in [-0.3, -0.25) is 0 Å². The summed E-state index contributed by atoms with van der Waals surface area (Å²) in [6.07, 6.45) is 0. The first kappa shape index (κ1) is 21.6. The monoisotopic (exact) mass is 491 g/mol. The van der Waals surface area contributed by atoms with Crippen molar-refractivity contribution >= 4 is 39.2 Å². The number of amides is 2. The highest BCUT2D eigenvalue weighted by Gasteiger charge is 2.16. The Morgan fingerprint density at radius 2 is 1.93 bits per heavy atom. The van der Waals surface area contributed by atoms with Gasteiger partial charge >= 0.3 is 6.03 Å². The van der Waals surface area contributed by atoms with E-state index in [1.54, 1.807) is 12.1 Å². The standard InChI is InChI=1S/C21H13BrClF2N3O2/c22-16-6-5-13(11-27-21(29)28-18-4-2-1-3-17(18)24)19(25)20(16)30-15-8-12(10-26)7-14(23)9-15/h1-9H,11H2,(H2,27,28,29). The topological polar surface area (TPSA) is 74.1 Å². The zero-order valence-corrected chi connectivity index (χ0v) is 17.5. The average Bonchev–Trinajstić information content (AvgIpc) is 2.72. The number of anilines is 1. The summed E-state index contributed by atoms with van der Waals surface area (Å²) in [4.78, 5) is 12.0. The Balaban J connectivity index is 1.74. The van der Waals surface area contributed by atoms with Crippen LogP contribution in [0, 0.1) is 23.0 Å². The number of ether oxygens (including phenoxy) is 1. The van der Waals surface area contributed by atoms with Crippen molar-refractivity contribution in [1.29, 1.82) is 5.26 Å². The van der Waals surface area contributed by atoms with Crippen LogP contribution in [0.2, 0.25) is 5.02 Å². The minimum atomic E-state index is -0.714. The lowest BCUT2D eigenvalue weighted by Crippen LogP contribution is -2.29. The zero-order valence-electron chi connectivity index (χ0n) is 15.2. The average molecular weight is 493 g/mol. The molecule has 0 saturated carbocycles. The van der Waals surface area contributed by atoms with Crippen molar-refractivity contribution in [2.75, 3.05) is 5.32 Å². The Hall–Kier alpha value is -3.15. The summed E-state index contributed by atoms with van der Waals surface area (Å²) in [5, 5.41) is 14.1. The minimum Gasteiger partial charge on any atom is -0.453 e. The number of urea groups is 1. The molecule has 9 heteroatoms. The second-order valence-corrected chi connectivity index (χ2v) is 7.32. The molecule has 5 nitrogen and oxygen atoms in total. The van der Waals surface area contributed by atoms with E-state index in [-0.39, 0.29) is 39.9 Å². The molecule has 3 aromatic rings. The highest BCUT2D eigenvalue weighted by Crippen LogP contribution is 2.35. The van der Waals surface area contributed by atoms with Gasteiger partial charge in [-0.05, 0) is 52.3 Å². The fourth-order valence-corrected chi connectivity index (χ4v) is 3.12. The van der Waals surface area contributed by atoms with Crippen LogP contribution < -0.4 is 15.4 Å². The van der Waals surface area contributed by atoms with Crippen molar-refractivity contribution in [2.24, 2.45) is 0 Å². The number of nitriles is 1. The molecule has 3 aromatic carbocycles. The summed E-state index contributed by atoms with van der Waals surface area (Å²) in [6, 6.07) is 14.3. The molecule has 2 amide bonds. The van der Waals surface area contributed by atoms with Gasteiger partial charge in [-0.1, -0.05) is 29.8 Å². The van der Waals surface area contributed by atoms with Crippen LogP contribution in [0.1, 0.15) is 11.1 Å². The van der Waals surface area contributed by atoms with Crippen molar-refractivity contribution in [1.82, 2.24) is 5.32 Å². The SMILES string of the molecule is N#Cc1cc(Cl)cc(Oc2c(Br)ccc(CNC(=O)Nc3ccccc3F)c2F)c1. The van der Waals surface area contributed by atoms with Crippen molar-refractivity contribution in [3.63, 3.8) is 0 Å². The zero-order chi connectivity index (χ0) is 21.7. The number of para-hydroxylation sites is 1. The molecule has 3 rings (SSSR count). The van der Waals surface area contributed by atoms with Crippen LogP contribution in [0.15, 0.2) is 59.1 Å². The first-order valence-electron chi connectivity index (χ1n) is 8.52. The fourth-order valence-electron chi connectivity index (χ4n) is 2.51. The third-order valence-corrected chi connectivity index (χ3v) is 4.75. The second-order valence-electron chi connectivity index (χ2n) is 6.03. The number of rotatable bonds is 5. The third kappa shape index (κ3) is 5.26. The molecule has 0 saturated heterocycles. The Labute approximate surface area is 184 Å². The van der Waals surface area contributed by atoms with Crippen LogP contribution >= 0.6 is 27.5 Å². The molecule has 0 radical (unpaired) electrons. The van der Waals surface area contributed by atoms with Gasteiger partial charge in [0.2, 0.25) is 0 Å². The van der Waals surface area contributed by atoms with Crippen LogP contribution in [0.3, 0.4) is 0 Å². The number of nitrogens with zero attached hydrogens (tertiary/aromatic N) is 1. The quantitative estimate of drug-likeness (QED) is 0.435. The first-order chi connectivity index (χ1) is 14.4. The molecule has 2 N–H and O–H groups in total. The lowest BCUT2D eigenvalue weighted by molar-refractivity contribution is 0.251. The van der Waals surface area contributed by atoms with Crippen LogP contribution in [-0.4, -0.2) is 6.03 Å². The molecular weight excluding hydrogens is 480 g/mol. The van der Waals surface area contributed by atoms with E-state index in [0.29, 0.717) is 4.47 Å². The van der Waals surface area contributed by atoms with Crippen LogP contribution in [-0.2, 0) is 6.54 Å². The summed E-state index contributed by atoms with van der Waals surface area (Å²) in [5.74, 6) is -1.25. The normalized spacial score (nSPS) is 10.2. The van der Waals surface area contributed by atoms with Gasteiger partial charge < -0.3 is 15.4 Å². The van der Waals surface area contributed by atoms with E-state index in [4.69, 9.17) is 21.6 Å². The van der Waals surface area contributed by atoms with Gasteiger partial charge in [-0.15, -0.1) is 0 Å².